The second-order valence-corrected chi connectivity index (χ2v) is 21.0. The third-order valence-electron chi connectivity index (χ3n) is 16.6. The molecule has 0 unspecified atom stereocenters. The maximum Gasteiger partial charge on any atom is 0.200 e. The average Bonchev–Trinajstić information content (AvgIpc) is 4.00. The normalized spacial score (nSPS) is 27.4. The fourth-order valence-corrected chi connectivity index (χ4v) is 13.2. The molecule has 11 rings (SSSR count). The zero-order valence-corrected chi connectivity index (χ0v) is 40.0. The molecule has 2 aromatic heterocycles. The Morgan fingerprint density at radius 3 is 2.68 bits per heavy atom. The van der Waals surface area contributed by atoms with Crippen molar-refractivity contribution in [1.82, 2.24) is 9.97 Å². The number of phenols is 4. The molecule has 6 aromatic rings. The summed E-state index contributed by atoms with van der Waals surface area (Å²) in [6.07, 6.45) is 15.1. The zero-order chi connectivity index (χ0) is 49.0. The van der Waals surface area contributed by atoms with Gasteiger partial charge in [0, 0.05) is 64.8 Å². The highest BCUT2D eigenvalue weighted by Gasteiger charge is 2.58. The van der Waals surface area contributed by atoms with Gasteiger partial charge in [-0.2, -0.15) is 0 Å². The Kier molecular flexibility index (Phi) is 12.5. The lowest BCUT2D eigenvalue weighted by molar-refractivity contribution is -0.132. The largest absolute Gasteiger partial charge is 0.508 e. The number of aromatic nitrogens is 2. The van der Waals surface area contributed by atoms with Crippen molar-refractivity contribution >= 4 is 28.1 Å². The van der Waals surface area contributed by atoms with Crippen molar-refractivity contribution < 1.29 is 44.9 Å². The van der Waals surface area contributed by atoms with Crippen LogP contribution in [0.4, 0.5) is 11.5 Å². The number of carbonyl (C=O) groups is 1. The molecule has 0 radical (unpaired) electrons. The van der Waals surface area contributed by atoms with Crippen molar-refractivity contribution in [3.63, 3.8) is 0 Å². The van der Waals surface area contributed by atoms with Gasteiger partial charge < -0.3 is 50.4 Å². The van der Waals surface area contributed by atoms with Gasteiger partial charge in [-0.1, -0.05) is 49.4 Å². The predicted molar refractivity (Wildman–Crippen MR) is 272 cm³/mol. The number of anilines is 2. The highest BCUT2D eigenvalue weighted by molar-refractivity contribution is 5.92. The van der Waals surface area contributed by atoms with E-state index in [9.17, 15) is 30.6 Å². The van der Waals surface area contributed by atoms with Gasteiger partial charge in [0.2, 0.25) is 5.75 Å². The summed E-state index contributed by atoms with van der Waals surface area (Å²) >= 11 is 0. The van der Waals surface area contributed by atoms with Crippen LogP contribution in [0.15, 0.2) is 116 Å². The number of hydrogen-bond donors (Lipinski definition) is 8. The van der Waals surface area contributed by atoms with Crippen molar-refractivity contribution in [2.45, 2.75) is 107 Å². The summed E-state index contributed by atoms with van der Waals surface area (Å²) in [5.41, 5.74) is 4.79. The quantitative estimate of drug-likeness (QED) is 0.0507. The van der Waals surface area contributed by atoms with Crippen LogP contribution in [0.1, 0.15) is 110 Å². The van der Waals surface area contributed by atoms with Crippen LogP contribution in [-0.4, -0.2) is 71.8 Å². The molecule has 368 valence electrons. The summed E-state index contributed by atoms with van der Waals surface area (Å²) in [5, 5.41) is 75.3. The molecule has 5 aliphatic rings. The van der Waals surface area contributed by atoms with Crippen LogP contribution >= 0.6 is 0 Å². The molecule has 4 aromatic carbocycles. The summed E-state index contributed by atoms with van der Waals surface area (Å²) < 4.78 is 12.4. The molecule has 2 aliphatic heterocycles. The standard InChI is InChI=1S/C59H63N3O9/c1-33-4-2-5-34(24-33)32-71-53-29-39(28-52(68)57(53)69)36-9-12-45-43-13-11-42(63)25-37(43)10-15-47(45)62-54-30-40(18-22-61-54)59(20-17-48(64)46(59)31-41-6-3-21-60-41)56(50(66)26-36)51(67)27-38-8-7-35-19-23-70-58-49(65)16-14-44(38)55(35)58/h2-3,5-8,10-11,13-16,18,21-22,25,28-30,33-36,38,46,48,51,56,60,63-65,67-69H,4,9,12,17,19-20,23-24,26-27,31-32H2,1H3,(H,61,62)/t33-,34+,35+,36+,38+,46+,48-,51+,56+,59+/m0/s1. The van der Waals surface area contributed by atoms with Crippen LogP contribution < -0.4 is 14.8 Å². The van der Waals surface area contributed by atoms with E-state index >= 15 is 4.79 Å². The number of nitrogens with one attached hydrogen (secondary N) is 2. The minimum Gasteiger partial charge on any atom is -0.508 e. The molecule has 4 heterocycles. The lowest BCUT2D eigenvalue weighted by Crippen LogP contribution is -2.51. The third-order valence-corrected chi connectivity index (χ3v) is 16.6. The monoisotopic (exact) mass is 957 g/mol. The van der Waals surface area contributed by atoms with E-state index in [0.717, 1.165) is 63.7 Å². The lowest BCUT2D eigenvalue weighted by atomic mass is 9.58. The highest BCUT2D eigenvalue weighted by Crippen LogP contribution is 2.57. The van der Waals surface area contributed by atoms with Crippen LogP contribution in [0.5, 0.6) is 34.5 Å². The first kappa shape index (κ1) is 46.6. The number of phenolic OH excluding ortho intramolecular Hbond substituents is 4. The van der Waals surface area contributed by atoms with Crippen LogP contribution in [0.3, 0.4) is 0 Å². The van der Waals surface area contributed by atoms with Gasteiger partial charge in [0.1, 0.15) is 17.4 Å². The Balaban J connectivity index is 1.07. The number of H-pyrrole nitrogens is 1. The lowest BCUT2D eigenvalue weighted by Gasteiger charge is -2.46. The molecule has 12 nitrogen and oxygen atoms in total. The minimum atomic E-state index is -1.22. The molecule has 3 aliphatic carbocycles. The van der Waals surface area contributed by atoms with Crippen LogP contribution in [0.2, 0.25) is 0 Å². The number of ether oxygens (including phenoxy) is 2. The van der Waals surface area contributed by atoms with E-state index in [0.29, 0.717) is 68.4 Å². The number of benzene rings is 4. The Bertz CT molecular complexity index is 3020. The number of carbonyl (C=O) groups excluding carboxylic acids is 1. The Labute approximate surface area is 413 Å². The van der Waals surface area contributed by atoms with Crippen molar-refractivity contribution in [1.29, 1.82) is 0 Å². The van der Waals surface area contributed by atoms with E-state index in [1.807, 2.05) is 54.7 Å². The second kappa shape index (κ2) is 19.1. The van der Waals surface area contributed by atoms with Crippen LogP contribution in [-0.2, 0) is 23.1 Å². The van der Waals surface area contributed by atoms with Gasteiger partial charge in [-0.05, 0) is 163 Å². The molecule has 0 amide bonds. The van der Waals surface area contributed by atoms with Gasteiger partial charge in [-0.3, -0.25) is 4.79 Å². The van der Waals surface area contributed by atoms with E-state index < -0.39 is 35.4 Å². The number of fused-ring (bicyclic) bond motifs is 6. The zero-order valence-electron chi connectivity index (χ0n) is 40.0. The molecule has 10 atom stereocenters. The Morgan fingerprint density at radius 1 is 0.944 bits per heavy atom. The van der Waals surface area contributed by atoms with E-state index in [-0.39, 0.29) is 65.1 Å². The molecule has 71 heavy (non-hydrogen) atoms. The fraction of sp³-hybridized carbons (Fsp3) is 0.390. The van der Waals surface area contributed by atoms with Gasteiger partial charge in [0.15, 0.2) is 23.0 Å². The smallest absolute Gasteiger partial charge is 0.200 e. The number of allylic oxidation sites excluding steroid dienone is 3. The first-order valence-electron chi connectivity index (χ1n) is 25.4. The molecule has 0 saturated heterocycles. The summed E-state index contributed by atoms with van der Waals surface area (Å²) in [7, 11) is 0. The Morgan fingerprint density at radius 2 is 1.83 bits per heavy atom. The third kappa shape index (κ3) is 8.79. The first-order valence-corrected chi connectivity index (χ1v) is 25.4. The van der Waals surface area contributed by atoms with Gasteiger partial charge in [0.05, 0.1) is 31.3 Å². The first-order chi connectivity index (χ1) is 34.4. The maximum absolute atomic E-state index is 16.3. The van der Waals surface area contributed by atoms with Gasteiger partial charge >= 0.3 is 0 Å². The number of Topliss-reactive ketones (excluding diaryl/α,β-unsaturated/α-hetero) is 1. The summed E-state index contributed by atoms with van der Waals surface area (Å²) in [5.74, 6) is -1.29. The van der Waals surface area contributed by atoms with Gasteiger partial charge in [-0.25, -0.2) is 4.98 Å². The number of aromatic hydroxyl groups is 4. The van der Waals surface area contributed by atoms with Crippen LogP contribution in [0.25, 0.3) is 10.8 Å². The molecular weight excluding hydrogens is 895 g/mol. The van der Waals surface area contributed by atoms with E-state index in [1.54, 1.807) is 30.5 Å². The molecular formula is C59H63N3O9. The molecule has 1 fully saturated rings. The van der Waals surface area contributed by atoms with Crippen molar-refractivity contribution in [3.8, 4) is 34.5 Å². The number of aliphatic hydroxyl groups is 2. The van der Waals surface area contributed by atoms with Crippen molar-refractivity contribution in [3.05, 3.63) is 149 Å². The number of rotatable bonds is 9. The molecule has 12 heteroatoms. The van der Waals surface area contributed by atoms with E-state index in [4.69, 9.17) is 14.5 Å². The average molecular weight is 958 g/mol. The van der Waals surface area contributed by atoms with E-state index in [1.165, 1.54) is 6.07 Å². The SMILES string of the molecule is C[C@H]1CC=C[C@@H](COc2cc([C@@H]3CCc4c(ccc5cc(O)ccc45)Nc4cc(ccn4)[C@@]4(CC[C@H](O)[C@H]4Cc4ccc[nH]4)[C@@H]([C@H](O)C[C@H]4C=C[C@@H]5CCOc6c(O)ccc4c65)C(=O)C3)cc(O)c2O)C1. The number of aryl methyl sites for hydroxylation is 1. The summed E-state index contributed by atoms with van der Waals surface area (Å²) in [6, 6.07) is 23.9. The van der Waals surface area contributed by atoms with Gasteiger partial charge in [-0.15, -0.1) is 0 Å². The second-order valence-electron chi connectivity index (χ2n) is 21.0. The maximum atomic E-state index is 16.3. The number of ketones is 1. The van der Waals surface area contributed by atoms with Crippen molar-refractivity contribution in [2.75, 3.05) is 18.5 Å². The number of aliphatic hydroxyl groups excluding tert-OH is 2. The topological polar surface area (TPSA) is 198 Å². The highest BCUT2D eigenvalue weighted by atomic mass is 16.5. The number of pyridine rings is 1. The fourth-order valence-electron chi connectivity index (χ4n) is 13.2. The molecule has 1 saturated carbocycles. The van der Waals surface area contributed by atoms with Crippen molar-refractivity contribution in [2.24, 2.45) is 23.7 Å². The molecule has 8 N–H and O–H groups in total. The number of nitrogens with zero attached hydrogens (tertiary/aromatic N) is 1. The summed E-state index contributed by atoms with van der Waals surface area (Å²) in [6.45, 7) is 2.99. The molecule has 1 spiro atoms. The predicted octanol–water partition coefficient (Wildman–Crippen LogP) is 10.6. The van der Waals surface area contributed by atoms with E-state index in [2.05, 4.69) is 41.5 Å². The molecule has 2 bridgehead atoms. The van der Waals surface area contributed by atoms with Gasteiger partial charge in [0.25, 0.3) is 0 Å². The number of aromatic amines is 1. The number of hydrogen-bond acceptors (Lipinski definition) is 11. The summed E-state index contributed by atoms with van der Waals surface area (Å²) in [4.78, 5) is 24.5. The minimum absolute atomic E-state index is 0.0430. The van der Waals surface area contributed by atoms with Crippen LogP contribution in [0, 0.1) is 23.7 Å². The Hall–Kier alpha value is -6.76.